The monoisotopic (exact) mass is 207 g/mol. The number of nitrogens with one attached hydrogen (secondary N) is 1. The fourth-order valence-electron chi connectivity index (χ4n) is 1.15. The lowest BCUT2D eigenvalue weighted by Gasteiger charge is -1.97. The van der Waals surface area contributed by atoms with Crippen molar-refractivity contribution in [1.29, 1.82) is 0 Å². The Kier molecular flexibility index (Phi) is 7.16. The van der Waals surface area contributed by atoms with E-state index in [1.54, 1.807) is 7.11 Å². The quantitative estimate of drug-likeness (QED) is 0.743. The Hall–Kier alpha value is -1.44. The SMILES string of the molecule is CC.CC.COc1ccc2cc[nH]c2c1. The number of ether oxygens (including phenoxy) is 1. The van der Waals surface area contributed by atoms with Gasteiger partial charge >= 0.3 is 0 Å². The van der Waals surface area contributed by atoms with Crippen molar-refractivity contribution >= 4 is 10.9 Å². The van der Waals surface area contributed by atoms with Crippen LogP contribution in [0.4, 0.5) is 0 Å². The third-order valence-electron chi connectivity index (χ3n) is 1.76. The molecule has 15 heavy (non-hydrogen) atoms. The van der Waals surface area contributed by atoms with Crippen molar-refractivity contribution in [2.45, 2.75) is 27.7 Å². The molecule has 1 heterocycles. The summed E-state index contributed by atoms with van der Waals surface area (Å²) in [4.78, 5) is 3.11. The van der Waals surface area contributed by atoms with Crippen LogP contribution in [-0.2, 0) is 0 Å². The van der Waals surface area contributed by atoms with Crippen LogP contribution in [0.25, 0.3) is 10.9 Å². The Balaban J connectivity index is 0.000000442. The number of hydrogen-bond donors (Lipinski definition) is 1. The van der Waals surface area contributed by atoms with E-state index in [-0.39, 0.29) is 0 Å². The Morgan fingerprint density at radius 3 is 2.27 bits per heavy atom. The van der Waals surface area contributed by atoms with E-state index in [0.29, 0.717) is 0 Å². The number of rotatable bonds is 1. The van der Waals surface area contributed by atoms with Gasteiger partial charge in [-0.3, -0.25) is 0 Å². The molecule has 0 bridgehead atoms. The van der Waals surface area contributed by atoms with Crippen molar-refractivity contribution in [2.75, 3.05) is 7.11 Å². The molecular formula is C13H21NO. The standard InChI is InChI=1S/C9H9NO.2C2H6/c1-11-8-3-2-7-4-5-10-9(7)6-8;2*1-2/h2-6,10H,1H3;2*1-2H3. The molecule has 2 nitrogen and oxygen atoms in total. The number of hydrogen-bond acceptors (Lipinski definition) is 1. The van der Waals surface area contributed by atoms with E-state index >= 15 is 0 Å². The minimum absolute atomic E-state index is 0.889. The molecule has 0 aliphatic rings. The van der Waals surface area contributed by atoms with Crippen LogP contribution in [0, 0.1) is 0 Å². The van der Waals surface area contributed by atoms with Gasteiger partial charge in [-0.1, -0.05) is 27.7 Å². The van der Waals surface area contributed by atoms with Gasteiger partial charge < -0.3 is 9.72 Å². The second-order valence-electron chi connectivity index (χ2n) is 2.43. The maximum Gasteiger partial charge on any atom is 0.120 e. The Morgan fingerprint density at radius 2 is 1.67 bits per heavy atom. The molecule has 0 aliphatic carbocycles. The van der Waals surface area contributed by atoms with Crippen LogP contribution in [0.5, 0.6) is 5.75 Å². The van der Waals surface area contributed by atoms with Gasteiger partial charge in [-0.05, 0) is 23.6 Å². The van der Waals surface area contributed by atoms with Crippen molar-refractivity contribution in [3.8, 4) is 5.75 Å². The number of methoxy groups -OCH3 is 1. The van der Waals surface area contributed by atoms with Crippen LogP contribution < -0.4 is 4.74 Å². The van der Waals surface area contributed by atoms with Crippen LogP contribution in [-0.4, -0.2) is 12.1 Å². The largest absolute Gasteiger partial charge is 0.497 e. The zero-order chi connectivity index (χ0) is 11.7. The lowest BCUT2D eigenvalue weighted by molar-refractivity contribution is 0.415. The third-order valence-corrected chi connectivity index (χ3v) is 1.76. The van der Waals surface area contributed by atoms with Gasteiger partial charge in [0.25, 0.3) is 0 Å². The van der Waals surface area contributed by atoms with E-state index < -0.39 is 0 Å². The summed E-state index contributed by atoms with van der Waals surface area (Å²) < 4.78 is 5.07. The molecule has 0 atom stereocenters. The minimum atomic E-state index is 0.889. The maximum atomic E-state index is 5.07. The number of aromatic amines is 1. The molecule has 0 amide bonds. The highest BCUT2D eigenvalue weighted by atomic mass is 16.5. The van der Waals surface area contributed by atoms with Gasteiger partial charge in [0.2, 0.25) is 0 Å². The minimum Gasteiger partial charge on any atom is -0.497 e. The predicted molar refractivity (Wildman–Crippen MR) is 67.5 cm³/mol. The van der Waals surface area contributed by atoms with Crippen LogP contribution in [0.3, 0.4) is 0 Å². The number of benzene rings is 1. The van der Waals surface area contributed by atoms with E-state index in [4.69, 9.17) is 4.74 Å². The van der Waals surface area contributed by atoms with Gasteiger partial charge in [-0.15, -0.1) is 0 Å². The lowest BCUT2D eigenvalue weighted by Crippen LogP contribution is -1.80. The van der Waals surface area contributed by atoms with Crippen LogP contribution in [0.1, 0.15) is 27.7 Å². The highest BCUT2D eigenvalue weighted by Crippen LogP contribution is 2.18. The molecule has 2 heteroatoms. The van der Waals surface area contributed by atoms with Crippen molar-refractivity contribution in [3.63, 3.8) is 0 Å². The molecule has 1 aromatic carbocycles. The molecule has 0 unspecified atom stereocenters. The van der Waals surface area contributed by atoms with E-state index in [9.17, 15) is 0 Å². The topological polar surface area (TPSA) is 25.0 Å². The lowest BCUT2D eigenvalue weighted by atomic mass is 10.2. The smallest absolute Gasteiger partial charge is 0.120 e. The summed E-state index contributed by atoms with van der Waals surface area (Å²) in [5, 5.41) is 1.21. The summed E-state index contributed by atoms with van der Waals surface area (Å²) in [6, 6.07) is 8.00. The highest BCUT2D eigenvalue weighted by molar-refractivity contribution is 5.80. The van der Waals surface area contributed by atoms with Crippen LogP contribution in [0.15, 0.2) is 30.5 Å². The molecule has 2 rings (SSSR count). The maximum absolute atomic E-state index is 5.07. The zero-order valence-corrected chi connectivity index (χ0v) is 10.3. The molecule has 84 valence electrons. The fourth-order valence-corrected chi connectivity index (χ4v) is 1.15. The molecule has 0 fully saturated rings. The van der Waals surface area contributed by atoms with Crippen molar-refractivity contribution in [3.05, 3.63) is 30.5 Å². The third kappa shape index (κ3) is 3.66. The number of fused-ring (bicyclic) bond motifs is 1. The van der Waals surface area contributed by atoms with Gasteiger partial charge in [0.05, 0.1) is 7.11 Å². The summed E-state index contributed by atoms with van der Waals surface area (Å²) >= 11 is 0. The fraction of sp³-hybridized carbons (Fsp3) is 0.385. The van der Waals surface area contributed by atoms with Gasteiger partial charge in [0.15, 0.2) is 0 Å². The molecule has 1 aromatic heterocycles. The molecule has 0 saturated carbocycles. The van der Waals surface area contributed by atoms with Crippen LogP contribution >= 0.6 is 0 Å². The van der Waals surface area contributed by atoms with E-state index in [1.807, 2.05) is 58.2 Å². The molecular weight excluding hydrogens is 186 g/mol. The molecule has 0 aliphatic heterocycles. The number of H-pyrrole nitrogens is 1. The first kappa shape index (κ1) is 13.6. The predicted octanol–water partition coefficient (Wildman–Crippen LogP) is 4.23. The first-order chi connectivity index (χ1) is 7.40. The Bertz CT molecular complexity index is 365. The van der Waals surface area contributed by atoms with Crippen molar-refractivity contribution in [1.82, 2.24) is 4.98 Å². The molecule has 0 saturated heterocycles. The molecule has 2 aromatic rings. The second-order valence-corrected chi connectivity index (χ2v) is 2.43. The second kappa shape index (κ2) is 7.92. The van der Waals surface area contributed by atoms with Gasteiger partial charge in [0.1, 0.15) is 5.75 Å². The molecule has 0 radical (unpaired) electrons. The van der Waals surface area contributed by atoms with Crippen LogP contribution in [0.2, 0.25) is 0 Å². The normalized spacial score (nSPS) is 8.33. The van der Waals surface area contributed by atoms with Gasteiger partial charge in [-0.25, -0.2) is 0 Å². The molecule has 1 N–H and O–H groups in total. The summed E-state index contributed by atoms with van der Waals surface area (Å²) in [6.07, 6.45) is 1.92. The van der Waals surface area contributed by atoms with Crippen molar-refractivity contribution < 1.29 is 4.74 Å². The summed E-state index contributed by atoms with van der Waals surface area (Å²) in [6.45, 7) is 8.00. The summed E-state index contributed by atoms with van der Waals surface area (Å²) in [5.74, 6) is 0.889. The molecule has 0 spiro atoms. The summed E-state index contributed by atoms with van der Waals surface area (Å²) in [5.41, 5.74) is 1.12. The summed E-state index contributed by atoms with van der Waals surface area (Å²) in [7, 11) is 1.67. The van der Waals surface area contributed by atoms with Gasteiger partial charge in [0, 0.05) is 17.8 Å². The average Bonchev–Trinajstić information content (AvgIpc) is 2.81. The number of aromatic nitrogens is 1. The zero-order valence-electron chi connectivity index (χ0n) is 10.3. The van der Waals surface area contributed by atoms with E-state index in [2.05, 4.69) is 4.98 Å². The Morgan fingerprint density at radius 1 is 1.00 bits per heavy atom. The first-order valence-electron chi connectivity index (χ1n) is 5.51. The van der Waals surface area contributed by atoms with E-state index in [1.165, 1.54) is 5.39 Å². The first-order valence-corrected chi connectivity index (χ1v) is 5.51. The van der Waals surface area contributed by atoms with Crippen molar-refractivity contribution in [2.24, 2.45) is 0 Å². The van der Waals surface area contributed by atoms with Gasteiger partial charge in [-0.2, -0.15) is 0 Å². The highest BCUT2D eigenvalue weighted by Gasteiger charge is 1.94. The Labute approximate surface area is 92.3 Å². The average molecular weight is 207 g/mol. The van der Waals surface area contributed by atoms with E-state index in [0.717, 1.165) is 11.3 Å².